The van der Waals surface area contributed by atoms with E-state index in [0.29, 0.717) is 12.2 Å². The van der Waals surface area contributed by atoms with Crippen molar-refractivity contribution in [3.8, 4) is 5.75 Å². The van der Waals surface area contributed by atoms with Crippen LogP contribution in [0.15, 0.2) is 48.2 Å². The van der Waals surface area contributed by atoms with Gasteiger partial charge in [-0.05, 0) is 71.9 Å². The largest absolute Gasteiger partial charge is 0.498 e. The highest BCUT2D eigenvalue weighted by molar-refractivity contribution is 7.45. The maximum atomic E-state index is 14.7. The smallest absolute Gasteiger partial charge is 0.413 e. The molecule has 312 valence electrons. The molecule has 0 bridgehead atoms. The number of carbonyl (C=O) groups is 4. The molecule has 0 spiro atoms. The topological polar surface area (TPSA) is 210 Å². The summed E-state index contributed by atoms with van der Waals surface area (Å²) in [6.07, 6.45) is 3.57. The van der Waals surface area contributed by atoms with Gasteiger partial charge in [0.05, 0.1) is 32.6 Å². The van der Waals surface area contributed by atoms with Crippen LogP contribution >= 0.6 is 8.53 Å². The Morgan fingerprint density at radius 1 is 1.11 bits per heavy atom. The molecule has 3 unspecified atom stereocenters. The van der Waals surface area contributed by atoms with E-state index < -0.39 is 51.0 Å². The third kappa shape index (κ3) is 14.5. The molecule has 0 saturated heterocycles. The van der Waals surface area contributed by atoms with Crippen LogP contribution in [0.1, 0.15) is 72.6 Å². The lowest BCUT2D eigenvalue weighted by atomic mass is 9.98. The Balaban J connectivity index is 1.34. The van der Waals surface area contributed by atoms with Crippen LogP contribution in [0.25, 0.3) is 11.2 Å². The number of allylic oxidation sites excluding steroid dienone is 1. The molecule has 1 saturated carbocycles. The number of benzene rings is 1. The number of halogens is 1. The van der Waals surface area contributed by atoms with E-state index in [1.807, 2.05) is 18.2 Å². The molecule has 0 aliphatic heterocycles. The first-order valence-corrected chi connectivity index (χ1v) is 19.5. The van der Waals surface area contributed by atoms with Crippen molar-refractivity contribution in [3.63, 3.8) is 0 Å². The summed E-state index contributed by atoms with van der Waals surface area (Å²) in [6, 6.07) is 8.36. The molecule has 1 amide bonds. The standard InChI is InChI=1S/C37H50FN6O12P/c1-24(34(47)54-26-13-9-7-10-14-26)43-57(56-27-15-11-8-12-16-27)53-20-28(50-6)17-18-44-22-39-31-32(40-35(38)42-33(31)44)41-36(48)55-37(3,4)19-30(46)51-21-29(52-23-45)25(2)49-5/h8,11-12,15-16,22-24,26,28,43H,7,9-10,13-14,17-21H2,1-6H3,(H,40,41,42,48)/b29-25-. The highest BCUT2D eigenvalue weighted by Crippen LogP contribution is 2.37. The Labute approximate surface area is 331 Å². The van der Waals surface area contributed by atoms with Crippen LogP contribution in [0.3, 0.4) is 0 Å². The number of aryl methyl sites for hydroxylation is 1. The number of esters is 2. The number of nitrogens with one attached hydrogen (secondary N) is 2. The SMILES string of the molecule is CO/C(C)=C(/COC(=O)CC(C)(C)OC(=O)Nc1nc(F)nc2c1ncn2CCC(COP(NC(C)C(=O)OC1CCCCC1)Oc1ccccc1)OC)OC=O. The number of amides is 1. The first-order chi connectivity index (χ1) is 27.3. The van der Waals surface area contributed by atoms with Gasteiger partial charge < -0.3 is 42.0 Å². The molecule has 2 N–H and O–H groups in total. The van der Waals surface area contributed by atoms with Crippen molar-refractivity contribution in [3.05, 3.63) is 54.3 Å². The van der Waals surface area contributed by atoms with Crippen molar-refractivity contribution < 1.29 is 61.0 Å². The van der Waals surface area contributed by atoms with Crippen LogP contribution in [0.4, 0.5) is 15.0 Å². The molecular formula is C37H50FN6O12P. The summed E-state index contributed by atoms with van der Waals surface area (Å²) in [5, 5.41) is 5.50. The van der Waals surface area contributed by atoms with E-state index in [0.717, 1.165) is 32.1 Å². The fourth-order valence-corrected chi connectivity index (χ4v) is 6.76. The third-order valence-electron chi connectivity index (χ3n) is 8.67. The monoisotopic (exact) mass is 820 g/mol. The number of anilines is 1. The van der Waals surface area contributed by atoms with Crippen molar-refractivity contribution in [2.24, 2.45) is 0 Å². The summed E-state index contributed by atoms with van der Waals surface area (Å²) >= 11 is 0. The highest BCUT2D eigenvalue weighted by atomic mass is 31.2. The Hall–Kier alpha value is -4.97. The molecule has 4 rings (SSSR count). The quantitative estimate of drug-likeness (QED) is 0.0304. The van der Waals surface area contributed by atoms with Gasteiger partial charge in [0.25, 0.3) is 6.47 Å². The zero-order chi connectivity index (χ0) is 41.4. The predicted octanol–water partition coefficient (Wildman–Crippen LogP) is 5.86. The van der Waals surface area contributed by atoms with E-state index in [4.69, 9.17) is 37.5 Å². The molecule has 1 aliphatic carbocycles. The number of rotatable bonds is 22. The summed E-state index contributed by atoms with van der Waals surface area (Å²) in [7, 11) is 1.06. The van der Waals surface area contributed by atoms with Gasteiger partial charge in [-0.15, -0.1) is 0 Å². The summed E-state index contributed by atoms with van der Waals surface area (Å²) < 4.78 is 60.2. The van der Waals surface area contributed by atoms with Crippen LogP contribution in [-0.4, -0.2) is 95.3 Å². The molecule has 0 radical (unpaired) electrons. The van der Waals surface area contributed by atoms with Crippen LogP contribution in [0.2, 0.25) is 0 Å². The number of fused-ring (bicyclic) bond motifs is 1. The van der Waals surface area contributed by atoms with Gasteiger partial charge >= 0.3 is 32.6 Å². The van der Waals surface area contributed by atoms with Crippen molar-refractivity contribution in [1.29, 1.82) is 0 Å². The van der Waals surface area contributed by atoms with Crippen molar-refractivity contribution in [2.45, 2.75) is 103 Å². The fourth-order valence-electron chi connectivity index (χ4n) is 5.54. The number of nitrogens with zero attached hydrogens (tertiary/aromatic N) is 4. The summed E-state index contributed by atoms with van der Waals surface area (Å²) in [5.74, 6) is -0.630. The zero-order valence-electron chi connectivity index (χ0n) is 32.9. The number of carbonyl (C=O) groups excluding carboxylic acids is 4. The Bertz CT molecular complexity index is 1820. The molecule has 1 fully saturated rings. The van der Waals surface area contributed by atoms with Crippen molar-refractivity contribution in [1.82, 2.24) is 24.6 Å². The van der Waals surface area contributed by atoms with Crippen molar-refractivity contribution >= 4 is 50.0 Å². The second-order valence-corrected chi connectivity index (χ2v) is 14.8. The number of methoxy groups -OCH3 is 2. The number of ether oxygens (including phenoxy) is 6. The molecule has 2 heterocycles. The lowest BCUT2D eigenvalue weighted by Crippen LogP contribution is -2.36. The van der Waals surface area contributed by atoms with E-state index in [-0.39, 0.29) is 66.6 Å². The maximum Gasteiger partial charge on any atom is 0.413 e. The van der Waals surface area contributed by atoms with Gasteiger partial charge in [-0.1, -0.05) is 24.6 Å². The van der Waals surface area contributed by atoms with Crippen LogP contribution in [0, 0.1) is 6.08 Å². The number of para-hydroxylation sites is 1. The van der Waals surface area contributed by atoms with Gasteiger partial charge in [-0.2, -0.15) is 14.4 Å². The van der Waals surface area contributed by atoms with Gasteiger partial charge in [0.15, 0.2) is 29.3 Å². The number of hydrogen-bond donors (Lipinski definition) is 2. The van der Waals surface area contributed by atoms with E-state index in [1.165, 1.54) is 41.3 Å². The molecule has 1 aromatic carbocycles. The van der Waals surface area contributed by atoms with E-state index in [9.17, 15) is 23.6 Å². The summed E-state index contributed by atoms with van der Waals surface area (Å²) in [4.78, 5) is 60.9. The lowest BCUT2D eigenvalue weighted by Gasteiger charge is -2.26. The molecule has 57 heavy (non-hydrogen) atoms. The molecule has 18 nitrogen and oxygen atoms in total. The minimum Gasteiger partial charge on any atom is -0.498 e. The highest BCUT2D eigenvalue weighted by Gasteiger charge is 2.30. The maximum absolute atomic E-state index is 14.7. The normalized spacial score (nSPS) is 15.4. The zero-order valence-corrected chi connectivity index (χ0v) is 33.8. The van der Waals surface area contributed by atoms with Crippen LogP contribution in [-0.2, 0) is 53.9 Å². The van der Waals surface area contributed by atoms with E-state index in [1.54, 1.807) is 23.6 Å². The fraction of sp³-hybridized carbons (Fsp3) is 0.541. The van der Waals surface area contributed by atoms with E-state index >= 15 is 0 Å². The minimum atomic E-state index is -1.82. The molecule has 20 heteroatoms. The number of hydrogen-bond acceptors (Lipinski definition) is 16. The number of imidazole rings is 1. The molecule has 3 atom stereocenters. The predicted molar refractivity (Wildman–Crippen MR) is 203 cm³/mol. The summed E-state index contributed by atoms with van der Waals surface area (Å²) in [5.41, 5.74) is -1.21. The Morgan fingerprint density at radius 3 is 2.53 bits per heavy atom. The summed E-state index contributed by atoms with van der Waals surface area (Å²) in [6.45, 7) is 6.25. The van der Waals surface area contributed by atoms with E-state index in [2.05, 4.69) is 25.4 Å². The molecule has 1 aliphatic rings. The average molecular weight is 821 g/mol. The second kappa shape index (κ2) is 22.1. The van der Waals surface area contributed by atoms with Gasteiger partial charge in [0, 0.05) is 13.7 Å². The first-order valence-electron chi connectivity index (χ1n) is 18.3. The number of aromatic nitrogens is 4. The second-order valence-electron chi connectivity index (χ2n) is 13.6. The Kier molecular flexibility index (Phi) is 17.3. The van der Waals surface area contributed by atoms with Gasteiger partial charge in [-0.3, -0.25) is 19.7 Å². The van der Waals surface area contributed by atoms with Crippen LogP contribution in [0.5, 0.6) is 5.75 Å². The molecule has 3 aromatic rings. The van der Waals surface area contributed by atoms with Gasteiger partial charge in [0.2, 0.25) is 0 Å². The Morgan fingerprint density at radius 2 is 1.84 bits per heavy atom. The van der Waals surface area contributed by atoms with Gasteiger partial charge in [-0.25, -0.2) is 14.9 Å². The van der Waals surface area contributed by atoms with Crippen LogP contribution < -0.4 is 14.9 Å². The van der Waals surface area contributed by atoms with Gasteiger partial charge in [0.1, 0.15) is 29.3 Å². The average Bonchev–Trinajstić information content (AvgIpc) is 3.59. The lowest BCUT2D eigenvalue weighted by molar-refractivity contribution is -0.152. The molecule has 2 aromatic heterocycles. The van der Waals surface area contributed by atoms with Crippen molar-refractivity contribution in [2.75, 3.05) is 32.8 Å². The minimum absolute atomic E-state index is 0.00693. The molecular weight excluding hydrogens is 770 g/mol. The third-order valence-corrected chi connectivity index (χ3v) is 10.0. The first kappa shape index (κ1) is 44.7.